The first kappa shape index (κ1) is 6.83. The Morgan fingerprint density at radius 2 is 2.18 bits per heavy atom. The van der Waals surface area contributed by atoms with Crippen molar-refractivity contribution in [2.75, 3.05) is 5.73 Å². The molecule has 0 aliphatic carbocycles. The van der Waals surface area contributed by atoms with Gasteiger partial charge in [0, 0.05) is 0 Å². The third-order valence-corrected chi connectivity index (χ3v) is 2.82. The van der Waals surface area contributed by atoms with E-state index < -0.39 is 0 Å². The molecule has 2 rings (SSSR count). The van der Waals surface area contributed by atoms with Crippen LogP contribution in [0.4, 0.5) is 5.69 Å². The molecule has 0 bridgehead atoms. The summed E-state index contributed by atoms with van der Waals surface area (Å²) in [4.78, 5) is 0. The van der Waals surface area contributed by atoms with Crippen LogP contribution in [0.5, 0.6) is 0 Å². The summed E-state index contributed by atoms with van der Waals surface area (Å²) in [6, 6.07) is 3.95. The van der Waals surface area contributed by atoms with Crippen LogP contribution in [-0.4, -0.2) is 22.9 Å². The number of rotatable bonds is 0. The zero-order valence-corrected chi connectivity index (χ0v) is 7.75. The SMILES string of the molecule is Cc1ccc2n[se]nc2c1N. The molecule has 0 saturated carbocycles. The minimum absolute atomic E-state index is 0.0320. The maximum absolute atomic E-state index is 5.79. The quantitative estimate of drug-likeness (QED) is 0.513. The van der Waals surface area contributed by atoms with Crippen LogP contribution in [0.1, 0.15) is 5.56 Å². The standard InChI is InChI=1S/C7H7N3Se/c1-4-2-3-5-7(6(4)8)10-11-9-5/h2-3H,8H2,1H3. The van der Waals surface area contributed by atoms with Gasteiger partial charge in [-0.2, -0.15) is 0 Å². The first-order chi connectivity index (χ1) is 5.29. The number of aryl methyl sites for hydroxylation is 1. The molecule has 0 fully saturated rings. The van der Waals surface area contributed by atoms with Gasteiger partial charge >= 0.3 is 70.0 Å². The van der Waals surface area contributed by atoms with Crippen molar-refractivity contribution in [2.45, 2.75) is 6.92 Å². The van der Waals surface area contributed by atoms with Gasteiger partial charge in [0.05, 0.1) is 0 Å². The number of aromatic nitrogens is 2. The monoisotopic (exact) mass is 213 g/mol. The number of hydrogen-bond acceptors (Lipinski definition) is 3. The molecule has 0 amide bonds. The van der Waals surface area contributed by atoms with Crippen molar-refractivity contribution in [1.29, 1.82) is 0 Å². The van der Waals surface area contributed by atoms with Crippen molar-refractivity contribution in [1.82, 2.24) is 7.96 Å². The van der Waals surface area contributed by atoms with Crippen LogP contribution >= 0.6 is 0 Å². The fourth-order valence-corrected chi connectivity index (χ4v) is 2.13. The fraction of sp³-hybridized carbons (Fsp3) is 0.143. The van der Waals surface area contributed by atoms with E-state index in [1.54, 1.807) is 0 Å². The zero-order valence-electron chi connectivity index (χ0n) is 6.03. The summed E-state index contributed by atoms with van der Waals surface area (Å²) >= 11 is 0.0320. The fourth-order valence-electron chi connectivity index (χ4n) is 0.972. The van der Waals surface area contributed by atoms with Crippen LogP contribution in [0.3, 0.4) is 0 Å². The molecule has 56 valence electrons. The second-order valence-electron chi connectivity index (χ2n) is 2.43. The molecule has 0 radical (unpaired) electrons. The Bertz CT molecular complexity index is 393. The van der Waals surface area contributed by atoms with E-state index in [0.29, 0.717) is 0 Å². The Morgan fingerprint density at radius 3 is 3.00 bits per heavy atom. The number of fused-ring (bicyclic) bond motifs is 1. The normalized spacial score (nSPS) is 10.6. The Kier molecular flexibility index (Phi) is 1.44. The average Bonchev–Trinajstić information content (AvgIpc) is 2.45. The molecule has 2 aromatic rings. The molecule has 2 N–H and O–H groups in total. The van der Waals surface area contributed by atoms with Gasteiger partial charge in [-0.25, -0.2) is 0 Å². The third-order valence-electron chi connectivity index (χ3n) is 1.69. The minimum atomic E-state index is 0.0320. The molecule has 0 aliphatic heterocycles. The van der Waals surface area contributed by atoms with E-state index in [1.165, 1.54) is 0 Å². The van der Waals surface area contributed by atoms with E-state index in [1.807, 2.05) is 19.1 Å². The van der Waals surface area contributed by atoms with E-state index in [-0.39, 0.29) is 15.0 Å². The summed E-state index contributed by atoms with van der Waals surface area (Å²) in [6.45, 7) is 1.98. The average molecular weight is 212 g/mol. The molecule has 0 spiro atoms. The number of nitrogens with zero attached hydrogens (tertiary/aromatic N) is 2. The predicted octanol–water partition coefficient (Wildman–Crippen LogP) is 0.577. The summed E-state index contributed by atoms with van der Waals surface area (Å²) in [6.07, 6.45) is 0. The molecule has 0 saturated heterocycles. The van der Waals surface area contributed by atoms with E-state index in [4.69, 9.17) is 5.73 Å². The van der Waals surface area contributed by atoms with E-state index >= 15 is 0 Å². The van der Waals surface area contributed by atoms with Crippen molar-refractivity contribution < 1.29 is 0 Å². The van der Waals surface area contributed by atoms with E-state index in [2.05, 4.69) is 7.96 Å². The van der Waals surface area contributed by atoms with Crippen molar-refractivity contribution in [3.8, 4) is 0 Å². The Labute approximate surface area is 70.5 Å². The Balaban J connectivity index is 2.93. The topological polar surface area (TPSA) is 51.8 Å². The number of nitrogen functional groups attached to an aromatic ring is 1. The number of nitrogens with two attached hydrogens (primary N) is 1. The van der Waals surface area contributed by atoms with Gasteiger partial charge in [0.25, 0.3) is 0 Å². The summed E-state index contributed by atoms with van der Waals surface area (Å²) in [5.41, 5.74) is 9.50. The molecule has 0 atom stereocenters. The summed E-state index contributed by atoms with van der Waals surface area (Å²) in [5, 5.41) is 0. The van der Waals surface area contributed by atoms with Crippen molar-refractivity contribution in [3.05, 3.63) is 17.7 Å². The van der Waals surface area contributed by atoms with Gasteiger partial charge in [-0.05, 0) is 0 Å². The van der Waals surface area contributed by atoms with Crippen molar-refractivity contribution in [3.63, 3.8) is 0 Å². The molecular formula is C7H7N3Se. The van der Waals surface area contributed by atoms with Gasteiger partial charge in [0.1, 0.15) is 0 Å². The van der Waals surface area contributed by atoms with E-state index in [9.17, 15) is 0 Å². The number of hydrogen-bond donors (Lipinski definition) is 1. The molecule has 0 aliphatic rings. The molecular weight excluding hydrogens is 205 g/mol. The van der Waals surface area contributed by atoms with Gasteiger partial charge in [0.15, 0.2) is 0 Å². The molecule has 1 heterocycles. The third kappa shape index (κ3) is 0.950. The zero-order chi connectivity index (χ0) is 7.84. The van der Waals surface area contributed by atoms with Crippen LogP contribution in [-0.2, 0) is 0 Å². The Hall–Kier alpha value is -0.861. The maximum atomic E-state index is 5.79. The van der Waals surface area contributed by atoms with Crippen LogP contribution in [0.25, 0.3) is 11.0 Å². The van der Waals surface area contributed by atoms with Crippen molar-refractivity contribution >= 4 is 31.7 Å². The van der Waals surface area contributed by atoms with Gasteiger partial charge in [0.2, 0.25) is 0 Å². The van der Waals surface area contributed by atoms with Gasteiger partial charge in [-0.1, -0.05) is 0 Å². The predicted molar refractivity (Wildman–Crippen MR) is 45.6 cm³/mol. The molecule has 3 nitrogen and oxygen atoms in total. The van der Waals surface area contributed by atoms with Gasteiger partial charge < -0.3 is 0 Å². The van der Waals surface area contributed by atoms with E-state index in [0.717, 1.165) is 22.3 Å². The number of anilines is 1. The van der Waals surface area contributed by atoms with Gasteiger partial charge in [-0.3, -0.25) is 0 Å². The molecule has 0 unspecified atom stereocenters. The second-order valence-corrected chi connectivity index (χ2v) is 3.54. The van der Waals surface area contributed by atoms with Crippen LogP contribution in [0.2, 0.25) is 0 Å². The first-order valence-corrected chi connectivity index (χ1v) is 4.79. The summed E-state index contributed by atoms with van der Waals surface area (Å²) in [5.74, 6) is 0. The van der Waals surface area contributed by atoms with Crippen molar-refractivity contribution in [2.24, 2.45) is 0 Å². The molecule has 1 aromatic carbocycles. The summed E-state index contributed by atoms with van der Waals surface area (Å²) < 4.78 is 8.45. The first-order valence-electron chi connectivity index (χ1n) is 3.26. The molecule has 11 heavy (non-hydrogen) atoms. The van der Waals surface area contributed by atoms with Crippen LogP contribution < -0.4 is 5.73 Å². The number of benzene rings is 1. The molecule has 1 aromatic heterocycles. The van der Waals surface area contributed by atoms with Crippen LogP contribution in [0.15, 0.2) is 12.1 Å². The van der Waals surface area contributed by atoms with Gasteiger partial charge in [-0.15, -0.1) is 0 Å². The molecule has 4 heteroatoms. The van der Waals surface area contributed by atoms with Crippen LogP contribution in [0, 0.1) is 6.92 Å². The summed E-state index contributed by atoms with van der Waals surface area (Å²) in [7, 11) is 0. The Morgan fingerprint density at radius 1 is 1.36 bits per heavy atom. The second kappa shape index (κ2) is 2.32.